The van der Waals surface area contributed by atoms with E-state index in [1.165, 1.54) is 17.3 Å². The van der Waals surface area contributed by atoms with E-state index in [0.29, 0.717) is 0 Å². The zero-order valence-corrected chi connectivity index (χ0v) is 17.4. The highest BCUT2D eigenvalue weighted by atomic mass is 16.1. The van der Waals surface area contributed by atoms with Crippen LogP contribution in [0.1, 0.15) is 42.4 Å². The number of aromatic nitrogens is 3. The summed E-state index contributed by atoms with van der Waals surface area (Å²) in [7, 11) is 1.96. The summed E-state index contributed by atoms with van der Waals surface area (Å²) >= 11 is 0. The molecule has 0 saturated carbocycles. The first-order valence-corrected chi connectivity index (χ1v) is 9.67. The molecule has 6 nitrogen and oxygen atoms in total. The fraction of sp³-hybridized carbons (Fsp3) is 0.304. The van der Waals surface area contributed by atoms with Crippen LogP contribution >= 0.6 is 0 Å². The van der Waals surface area contributed by atoms with Gasteiger partial charge in [0.25, 0.3) is 5.91 Å². The molecule has 0 aliphatic rings. The van der Waals surface area contributed by atoms with Crippen molar-refractivity contribution in [1.29, 1.82) is 0 Å². The molecule has 3 aromatic rings. The summed E-state index contributed by atoms with van der Waals surface area (Å²) < 4.78 is 0. The molecule has 0 fully saturated rings. The van der Waals surface area contributed by atoms with Gasteiger partial charge in [-0.05, 0) is 47.2 Å². The van der Waals surface area contributed by atoms with Crippen molar-refractivity contribution in [3.05, 3.63) is 78.0 Å². The lowest BCUT2D eigenvalue weighted by atomic mass is 9.87. The number of amides is 1. The number of carbonyl (C=O) groups is 1. The van der Waals surface area contributed by atoms with Gasteiger partial charge >= 0.3 is 0 Å². The Kier molecular flexibility index (Phi) is 6.22. The fourth-order valence-electron chi connectivity index (χ4n) is 2.85. The second-order valence-electron chi connectivity index (χ2n) is 8.07. The van der Waals surface area contributed by atoms with Gasteiger partial charge in [0.15, 0.2) is 0 Å². The smallest absolute Gasteiger partial charge is 0.275 e. The van der Waals surface area contributed by atoms with Crippen LogP contribution in [-0.2, 0) is 11.8 Å². The molecule has 6 heteroatoms. The lowest BCUT2D eigenvalue weighted by molar-refractivity contribution is 0.102. The lowest BCUT2D eigenvalue weighted by Crippen LogP contribution is -2.22. The number of nitrogens with zero attached hydrogens (tertiary/aromatic N) is 4. The monoisotopic (exact) mass is 389 g/mol. The summed E-state index contributed by atoms with van der Waals surface area (Å²) in [5.74, 6) is 0.456. The maximum absolute atomic E-state index is 12.5. The Balaban J connectivity index is 1.58. The van der Waals surface area contributed by atoms with Crippen molar-refractivity contribution in [3.8, 4) is 0 Å². The summed E-state index contributed by atoms with van der Waals surface area (Å²) in [6.45, 7) is 7.27. The summed E-state index contributed by atoms with van der Waals surface area (Å²) in [5, 5.41) is 2.87. The molecule has 150 valence electrons. The summed E-state index contributed by atoms with van der Waals surface area (Å²) in [4.78, 5) is 27.2. The minimum absolute atomic E-state index is 0.0767. The molecular weight excluding hydrogens is 362 g/mol. The van der Waals surface area contributed by atoms with Crippen LogP contribution in [0.25, 0.3) is 0 Å². The van der Waals surface area contributed by atoms with E-state index in [0.717, 1.165) is 24.5 Å². The second-order valence-corrected chi connectivity index (χ2v) is 8.07. The number of nitrogens with one attached hydrogen (secondary N) is 1. The van der Waals surface area contributed by atoms with Crippen molar-refractivity contribution in [2.24, 2.45) is 0 Å². The van der Waals surface area contributed by atoms with Gasteiger partial charge in [0.1, 0.15) is 11.5 Å². The Morgan fingerprint density at radius 2 is 1.69 bits per heavy atom. The SMILES string of the molecule is CN(CCc1ccncc1)c1cnc(C(=O)Nc2ccc(C(C)(C)C)cc2)cn1. The molecule has 1 aromatic carbocycles. The van der Waals surface area contributed by atoms with Crippen molar-refractivity contribution in [3.63, 3.8) is 0 Å². The minimum Gasteiger partial charge on any atom is -0.358 e. The number of benzene rings is 1. The third-order valence-corrected chi connectivity index (χ3v) is 4.76. The van der Waals surface area contributed by atoms with Gasteiger partial charge in [-0.25, -0.2) is 9.97 Å². The standard InChI is InChI=1S/C23H27N5O/c1-23(2,3)18-5-7-19(8-6-18)27-22(29)20-15-26-21(16-25-20)28(4)14-11-17-9-12-24-13-10-17/h5-10,12-13,15-16H,11,14H2,1-4H3,(H,27,29). The Bertz CT molecular complexity index is 932. The molecule has 0 atom stereocenters. The van der Waals surface area contributed by atoms with Gasteiger partial charge in [0.05, 0.1) is 12.4 Å². The van der Waals surface area contributed by atoms with Gasteiger partial charge in [-0.3, -0.25) is 9.78 Å². The van der Waals surface area contributed by atoms with Gasteiger partial charge in [0, 0.05) is 31.7 Å². The predicted molar refractivity (Wildman–Crippen MR) is 116 cm³/mol. The van der Waals surface area contributed by atoms with Crippen LogP contribution in [0.5, 0.6) is 0 Å². The van der Waals surface area contributed by atoms with Crippen LogP contribution in [0.15, 0.2) is 61.2 Å². The van der Waals surface area contributed by atoms with E-state index in [4.69, 9.17) is 0 Å². The zero-order chi connectivity index (χ0) is 20.9. The van der Waals surface area contributed by atoms with Crippen molar-refractivity contribution >= 4 is 17.4 Å². The molecule has 3 rings (SSSR count). The van der Waals surface area contributed by atoms with E-state index in [1.807, 2.05) is 48.3 Å². The molecule has 0 unspecified atom stereocenters. The quantitative estimate of drug-likeness (QED) is 0.687. The van der Waals surface area contributed by atoms with E-state index in [1.54, 1.807) is 18.6 Å². The maximum Gasteiger partial charge on any atom is 0.275 e. The van der Waals surface area contributed by atoms with Gasteiger partial charge < -0.3 is 10.2 Å². The summed E-state index contributed by atoms with van der Waals surface area (Å²) in [6, 6.07) is 11.9. The topological polar surface area (TPSA) is 71.0 Å². The molecule has 0 aliphatic heterocycles. The molecule has 1 N–H and O–H groups in total. The molecule has 29 heavy (non-hydrogen) atoms. The second kappa shape index (κ2) is 8.82. The third kappa shape index (κ3) is 5.60. The van der Waals surface area contributed by atoms with Crippen LogP contribution in [0, 0.1) is 0 Å². The van der Waals surface area contributed by atoms with E-state index in [-0.39, 0.29) is 17.0 Å². The average Bonchev–Trinajstić information content (AvgIpc) is 2.72. The molecular formula is C23H27N5O. The van der Waals surface area contributed by atoms with E-state index in [2.05, 4.69) is 41.0 Å². The lowest BCUT2D eigenvalue weighted by Gasteiger charge is -2.19. The Labute approximate surface area is 172 Å². The van der Waals surface area contributed by atoms with Crippen molar-refractivity contribution in [2.45, 2.75) is 32.6 Å². The summed E-state index contributed by atoms with van der Waals surface area (Å²) in [5.41, 5.74) is 3.54. The third-order valence-electron chi connectivity index (χ3n) is 4.76. The number of anilines is 2. The molecule has 1 amide bonds. The van der Waals surface area contributed by atoms with Crippen molar-refractivity contribution in [2.75, 3.05) is 23.8 Å². The Morgan fingerprint density at radius 1 is 1.00 bits per heavy atom. The first-order valence-electron chi connectivity index (χ1n) is 9.67. The Hall–Kier alpha value is -3.28. The average molecular weight is 390 g/mol. The van der Waals surface area contributed by atoms with Gasteiger partial charge in [-0.15, -0.1) is 0 Å². The van der Waals surface area contributed by atoms with E-state index >= 15 is 0 Å². The molecule has 2 aromatic heterocycles. The van der Waals surface area contributed by atoms with Gasteiger partial charge in [0.2, 0.25) is 0 Å². The number of hydrogen-bond acceptors (Lipinski definition) is 5. The highest BCUT2D eigenvalue weighted by Crippen LogP contribution is 2.23. The van der Waals surface area contributed by atoms with Crippen LogP contribution in [0.3, 0.4) is 0 Å². The molecule has 0 saturated heterocycles. The van der Waals surface area contributed by atoms with E-state index in [9.17, 15) is 4.79 Å². The molecule has 0 radical (unpaired) electrons. The zero-order valence-electron chi connectivity index (χ0n) is 17.4. The number of rotatable bonds is 6. The fourth-order valence-corrected chi connectivity index (χ4v) is 2.85. The van der Waals surface area contributed by atoms with Crippen LogP contribution in [-0.4, -0.2) is 34.5 Å². The largest absolute Gasteiger partial charge is 0.358 e. The number of carbonyl (C=O) groups excluding carboxylic acids is 1. The first-order chi connectivity index (χ1) is 13.8. The minimum atomic E-state index is -0.271. The van der Waals surface area contributed by atoms with Crippen molar-refractivity contribution < 1.29 is 4.79 Å². The van der Waals surface area contributed by atoms with Crippen LogP contribution in [0.2, 0.25) is 0 Å². The molecule has 0 bridgehead atoms. The Morgan fingerprint density at radius 3 is 2.28 bits per heavy atom. The molecule has 0 spiro atoms. The van der Waals surface area contributed by atoms with Gasteiger partial charge in [-0.1, -0.05) is 32.9 Å². The van der Waals surface area contributed by atoms with E-state index < -0.39 is 0 Å². The maximum atomic E-state index is 12.5. The van der Waals surface area contributed by atoms with Crippen LogP contribution in [0.4, 0.5) is 11.5 Å². The predicted octanol–water partition coefficient (Wildman–Crippen LogP) is 4.10. The molecule has 2 heterocycles. The normalized spacial score (nSPS) is 11.2. The summed E-state index contributed by atoms with van der Waals surface area (Å²) in [6.07, 6.45) is 7.60. The highest BCUT2D eigenvalue weighted by Gasteiger charge is 2.14. The number of pyridine rings is 1. The van der Waals surface area contributed by atoms with Crippen LogP contribution < -0.4 is 10.2 Å². The first kappa shape index (κ1) is 20.5. The number of likely N-dealkylation sites (N-methyl/N-ethyl adjacent to an activating group) is 1. The van der Waals surface area contributed by atoms with Gasteiger partial charge in [-0.2, -0.15) is 0 Å². The number of hydrogen-bond donors (Lipinski definition) is 1. The van der Waals surface area contributed by atoms with Crippen molar-refractivity contribution in [1.82, 2.24) is 15.0 Å². The highest BCUT2D eigenvalue weighted by molar-refractivity contribution is 6.02. The molecule has 0 aliphatic carbocycles.